The van der Waals surface area contributed by atoms with Gasteiger partial charge in [0.2, 0.25) is 0 Å². The van der Waals surface area contributed by atoms with Gasteiger partial charge in [-0.3, -0.25) is 4.68 Å². The van der Waals surface area contributed by atoms with Crippen molar-refractivity contribution in [3.8, 4) is 0 Å². The molecule has 4 nitrogen and oxygen atoms in total. The zero-order valence-electron chi connectivity index (χ0n) is 12.5. The van der Waals surface area contributed by atoms with Gasteiger partial charge >= 0.3 is 0 Å². The molecule has 2 atom stereocenters. The Hall–Kier alpha value is -2.07. The van der Waals surface area contributed by atoms with Crippen molar-refractivity contribution in [3.05, 3.63) is 54.0 Å². The molecule has 110 valence electrons. The van der Waals surface area contributed by atoms with E-state index in [0.29, 0.717) is 12.5 Å². The average Bonchev–Trinajstić information content (AvgIpc) is 3.12. The van der Waals surface area contributed by atoms with Crippen molar-refractivity contribution in [1.29, 1.82) is 0 Å². The molecule has 0 radical (unpaired) electrons. The molecule has 0 saturated heterocycles. The van der Waals surface area contributed by atoms with Crippen molar-refractivity contribution in [2.75, 3.05) is 0 Å². The summed E-state index contributed by atoms with van der Waals surface area (Å²) in [5.74, 6) is 0. The third-order valence-corrected chi connectivity index (χ3v) is 4.05. The summed E-state index contributed by atoms with van der Waals surface area (Å²) >= 11 is 0. The van der Waals surface area contributed by atoms with E-state index >= 15 is 0 Å². The lowest BCUT2D eigenvalue weighted by Gasteiger charge is -2.10. The lowest BCUT2D eigenvalue weighted by Crippen LogP contribution is -2.14. The fraction of sp³-hybridized carbons (Fsp3) is 0.353. The fourth-order valence-electron chi connectivity index (χ4n) is 2.54. The Morgan fingerprint density at radius 2 is 2.10 bits per heavy atom. The monoisotopic (exact) mass is 283 g/mol. The maximum absolute atomic E-state index is 6.35. The summed E-state index contributed by atoms with van der Waals surface area (Å²) in [6.07, 6.45) is 5.58. The molecular formula is C17H21N3O. The second-order valence-corrected chi connectivity index (χ2v) is 5.54. The van der Waals surface area contributed by atoms with Crippen molar-refractivity contribution in [2.45, 2.75) is 38.8 Å². The van der Waals surface area contributed by atoms with Gasteiger partial charge in [-0.25, -0.2) is 0 Å². The van der Waals surface area contributed by atoms with Gasteiger partial charge < -0.3 is 10.2 Å². The summed E-state index contributed by atoms with van der Waals surface area (Å²) in [5.41, 5.74) is 9.30. The molecule has 3 aromatic rings. The molecular weight excluding hydrogens is 262 g/mol. The van der Waals surface area contributed by atoms with Crippen molar-refractivity contribution < 1.29 is 4.42 Å². The van der Waals surface area contributed by atoms with E-state index in [1.807, 2.05) is 41.2 Å². The number of hydrogen-bond acceptors (Lipinski definition) is 3. The summed E-state index contributed by atoms with van der Waals surface area (Å²) in [6.45, 7) is 4.33. The summed E-state index contributed by atoms with van der Waals surface area (Å²) < 4.78 is 7.57. The molecule has 1 aromatic carbocycles. The molecule has 0 aliphatic rings. The highest BCUT2D eigenvalue weighted by Crippen LogP contribution is 2.26. The van der Waals surface area contributed by atoms with Crippen LogP contribution in [0.25, 0.3) is 11.0 Å². The van der Waals surface area contributed by atoms with Gasteiger partial charge in [0.05, 0.1) is 12.0 Å². The van der Waals surface area contributed by atoms with Gasteiger partial charge in [0, 0.05) is 35.7 Å². The molecule has 0 amide bonds. The quantitative estimate of drug-likeness (QED) is 0.774. The molecule has 2 N–H and O–H groups in total. The van der Waals surface area contributed by atoms with Crippen LogP contribution in [0.15, 0.2) is 47.2 Å². The smallest absolute Gasteiger partial charge is 0.134 e. The predicted molar refractivity (Wildman–Crippen MR) is 84.1 cm³/mol. The number of fused-ring (bicyclic) bond motifs is 1. The van der Waals surface area contributed by atoms with Gasteiger partial charge in [-0.1, -0.05) is 25.1 Å². The number of nitrogens with zero attached hydrogens (tertiary/aromatic N) is 2. The van der Waals surface area contributed by atoms with Crippen molar-refractivity contribution in [3.63, 3.8) is 0 Å². The van der Waals surface area contributed by atoms with E-state index in [1.165, 1.54) is 0 Å². The molecule has 0 fully saturated rings. The van der Waals surface area contributed by atoms with Gasteiger partial charge in [-0.05, 0) is 25.5 Å². The molecule has 0 aliphatic carbocycles. The summed E-state index contributed by atoms with van der Waals surface area (Å²) in [4.78, 5) is 0. The van der Waals surface area contributed by atoms with Crippen LogP contribution >= 0.6 is 0 Å². The van der Waals surface area contributed by atoms with Gasteiger partial charge in [0.25, 0.3) is 0 Å². The van der Waals surface area contributed by atoms with Crippen molar-refractivity contribution >= 4 is 11.0 Å². The molecule has 0 bridgehead atoms. The maximum atomic E-state index is 6.35. The highest BCUT2D eigenvalue weighted by atomic mass is 16.3. The van der Waals surface area contributed by atoms with E-state index in [2.05, 4.69) is 18.9 Å². The lowest BCUT2D eigenvalue weighted by molar-refractivity contribution is 0.471. The standard InChI is InChI=1S/C17H21N3O/c1-3-12(2)20-9-8-13(19-20)10-16(18)15-11-21-17-7-5-4-6-14(15)17/h4-9,11-12,16H,3,10,18H2,1-2H3. The maximum Gasteiger partial charge on any atom is 0.134 e. The summed E-state index contributed by atoms with van der Waals surface area (Å²) in [7, 11) is 0. The summed E-state index contributed by atoms with van der Waals surface area (Å²) in [5, 5.41) is 5.71. The van der Waals surface area contributed by atoms with Crippen LogP contribution < -0.4 is 5.73 Å². The van der Waals surface area contributed by atoms with E-state index in [1.54, 1.807) is 6.26 Å². The largest absolute Gasteiger partial charge is 0.464 e. The minimum atomic E-state index is -0.103. The third-order valence-electron chi connectivity index (χ3n) is 4.05. The van der Waals surface area contributed by atoms with Crippen LogP contribution in [0.3, 0.4) is 0 Å². The Balaban J connectivity index is 1.80. The first-order chi connectivity index (χ1) is 10.2. The number of furan rings is 1. The van der Waals surface area contributed by atoms with Crippen molar-refractivity contribution in [2.24, 2.45) is 5.73 Å². The first-order valence-electron chi connectivity index (χ1n) is 7.44. The molecule has 2 unspecified atom stereocenters. The zero-order chi connectivity index (χ0) is 14.8. The predicted octanol–water partition coefficient (Wildman–Crippen LogP) is 3.84. The number of aromatic nitrogens is 2. The van der Waals surface area contributed by atoms with E-state index < -0.39 is 0 Å². The van der Waals surface area contributed by atoms with Gasteiger partial charge in [0.15, 0.2) is 0 Å². The highest BCUT2D eigenvalue weighted by molar-refractivity contribution is 5.81. The van der Waals surface area contributed by atoms with Crippen molar-refractivity contribution in [1.82, 2.24) is 9.78 Å². The first-order valence-corrected chi connectivity index (χ1v) is 7.44. The fourth-order valence-corrected chi connectivity index (χ4v) is 2.54. The zero-order valence-corrected chi connectivity index (χ0v) is 12.5. The number of rotatable bonds is 5. The van der Waals surface area contributed by atoms with Crippen LogP contribution in [0.1, 0.15) is 43.6 Å². The van der Waals surface area contributed by atoms with E-state index in [0.717, 1.165) is 28.6 Å². The Labute approximate surface area is 124 Å². The van der Waals surface area contributed by atoms with E-state index in [4.69, 9.17) is 10.2 Å². The molecule has 3 rings (SSSR count). The van der Waals surface area contributed by atoms with Crippen LogP contribution in [0.4, 0.5) is 0 Å². The first kappa shape index (κ1) is 13.9. The molecule has 21 heavy (non-hydrogen) atoms. The lowest BCUT2D eigenvalue weighted by atomic mass is 10.0. The summed E-state index contributed by atoms with van der Waals surface area (Å²) in [6, 6.07) is 10.3. The second-order valence-electron chi connectivity index (χ2n) is 5.54. The molecule has 0 saturated carbocycles. The molecule has 2 aromatic heterocycles. The number of nitrogens with two attached hydrogens (primary N) is 1. The topological polar surface area (TPSA) is 57.0 Å². The molecule has 0 spiro atoms. The molecule has 2 heterocycles. The SMILES string of the molecule is CCC(C)n1ccc(CC(N)c2coc3ccccc23)n1. The van der Waals surface area contributed by atoms with Crippen LogP contribution in [0, 0.1) is 0 Å². The second kappa shape index (κ2) is 5.74. The third kappa shape index (κ3) is 2.72. The number of para-hydroxylation sites is 1. The van der Waals surface area contributed by atoms with Crippen LogP contribution in [0.2, 0.25) is 0 Å². The minimum Gasteiger partial charge on any atom is -0.464 e. The van der Waals surface area contributed by atoms with Gasteiger partial charge in [-0.2, -0.15) is 5.10 Å². The highest BCUT2D eigenvalue weighted by Gasteiger charge is 2.15. The molecule has 4 heteroatoms. The Bertz CT molecular complexity index is 728. The van der Waals surface area contributed by atoms with E-state index in [9.17, 15) is 0 Å². The number of hydrogen-bond donors (Lipinski definition) is 1. The normalized spacial score (nSPS) is 14.4. The number of benzene rings is 1. The Kier molecular flexibility index (Phi) is 3.80. The average molecular weight is 283 g/mol. The van der Waals surface area contributed by atoms with Gasteiger partial charge in [0.1, 0.15) is 5.58 Å². The van der Waals surface area contributed by atoms with Crippen LogP contribution in [-0.2, 0) is 6.42 Å². The molecule has 0 aliphatic heterocycles. The van der Waals surface area contributed by atoms with E-state index in [-0.39, 0.29) is 6.04 Å². The Morgan fingerprint density at radius 3 is 2.90 bits per heavy atom. The Morgan fingerprint density at radius 1 is 1.29 bits per heavy atom. The van der Waals surface area contributed by atoms with Gasteiger partial charge in [-0.15, -0.1) is 0 Å². The van der Waals surface area contributed by atoms with Crippen LogP contribution in [0.5, 0.6) is 0 Å². The minimum absolute atomic E-state index is 0.103. The van der Waals surface area contributed by atoms with Crippen LogP contribution in [-0.4, -0.2) is 9.78 Å².